The summed E-state index contributed by atoms with van der Waals surface area (Å²) in [5.41, 5.74) is 7.64. The molecule has 1 fully saturated rings. The number of aromatic nitrogens is 1. The third-order valence-corrected chi connectivity index (χ3v) is 5.27. The molecule has 2 N–H and O–H groups in total. The molecule has 0 radical (unpaired) electrons. The minimum absolute atomic E-state index is 0.131. The van der Waals surface area contributed by atoms with Crippen LogP contribution in [0.1, 0.15) is 25.5 Å². The van der Waals surface area contributed by atoms with E-state index in [1.54, 1.807) is 12.5 Å². The van der Waals surface area contributed by atoms with Crippen LogP contribution in [0.5, 0.6) is 0 Å². The first kappa shape index (κ1) is 15.2. The minimum Gasteiger partial charge on any atom is -0.472 e. The number of hydrogen-bond donors (Lipinski definition) is 1. The maximum absolute atomic E-state index is 12.6. The van der Waals surface area contributed by atoms with Crippen molar-refractivity contribution in [2.75, 3.05) is 13.1 Å². The Bertz CT molecular complexity index is 623. The van der Waals surface area contributed by atoms with E-state index < -0.39 is 0 Å². The van der Waals surface area contributed by atoms with Crippen molar-refractivity contribution in [1.82, 2.24) is 9.88 Å². The van der Waals surface area contributed by atoms with Gasteiger partial charge < -0.3 is 15.1 Å². The summed E-state index contributed by atoms with van der Waals surface area (Å²) in [6.45, 7) is 3.52. The second-order valence-electron chi connectivity index (χ2n) is 5.84. The highest BCUT2D eigenvalue weighted by Gasteiger charge is 2.30. The summed E-state index contributed by atoms with van der Waals surface area (Å²) >= 11 is 1.54. The topological polar surface area (TPSA) is 72.4 Å². The van der Waals surface area contributed by atoms with Crippen molar-refractivity contribution in [1.29, 1.82) is 0 Å². The molecule has 3 rings (SSSR count). The summed E-state index contributed by atoms with van der Waals surface area (Å²) < 4.78 is 5.07. The molecular weight excluding hydrogens is 298 g/mol. The fourth-order valence-electron chi connectivity index (χ4n) is 3.08. The van der Waals surface area contributed by atoms with Crippen LogP contribution in [0.3, 0.4) is 0 Å². The Morgan fingerprint density at radius 1 is 1.59 bits per heavy atom. The molecule has 0 unspecified atom stereocenters. The molecule has 0 saturated carbocycles. The molecule has 0 bridgehead atoms. The largest absolute Gasteiger partial charge is 0.472 e. The Hall–Kier alpha value is -1.66. The van der Waals surface area contributed by atoms with E-state index in [4.69, 9.17) is 10.2 Å². The van der Waals surface area contributed by atoms with E-state index in [1.165, 1.54) is 11.3 Å². The number of rotatable bonds is 4. The number of thiazole rings is 1. The van der Waals surface area contributed by atoms with Gasteiger partial charge in [0.05, 0.1) is 18.4 Å². The number of nitrogens with two attached hydrogens (primary N) is 1. The summed E-state index contributed by atoms with van der Waals surface area (Å²) in [5, 5.41) is 2.84. The second-order valence-corrected chi connectivity index (χ2v) is 6.70. The molecule has 2 aromatic rings. The molecule has 1 saturated heterocycles. The van der Waals surface area contributed by atoms with Crippen LogP contribution in [0.2, 0.25) is 0 Å². The molecular formula is C16H21N3O2S. The van der Waals surface area contributed by atoms with Gasteiger partial charge in [0.25, 0.3) is 0 Å². The SMILES string of the molecule is C[C@H]1CCCN(C(=O)Cc2csc(-c3ccoc3)n2)[C@@H]1CN. The van der Waals surface area contributed by atoms with Crippen molar-refractivity contribution in [2.24, 2.45) is 11.7 Å². The number of carbonyl (C=O) groups is 1. The third kappa shape index (κ3) is 3.08. The monoisotopic (exact) mass is 319 g/mol. The van der Waals surface area contributed by atoms with Crippen LogP contribution in [0.4, 0.5) is 0 Å². The fraction of sp³-hybridized carbons (Fsp3) is 0.500. The van der Waals surface area contributed by atoms with E-state index in [0.717, 1.165) is 35.7 Å². The van der Waals surface area contributed by atoms with Crippen LogP contribution in [0, 0.1) is 5.92 Å². The molecule has 1 aliphatic heterocycles. The van der Waals surface area contributed by atoms with Crippen molar-refractivity contribution in [2.45, 2.75) is 32.2 Å². The number of amides is 1. The Labute approximate surface area is 134 Å². The van der Waals surface area contributed by atoms with Gasteiger partial charge in [-0.2, -0.15) is 0 Å². The van der Waals surface area contributed by atoms with Crippen molar-refractivity contribution in [3.63, 3.8) is 0 Å². The normalized spacial score (nSPS) is 22.0. The molecule has 0 spiro atoms. The Morgan fingerprint density at radius 2 is 2.45 bits per heavy atom. The fourth-order valence-corrected chi connectivity index (χ4v) is 3.89. The Kier molecular flexibility index (Phi) is 4.59. The number of carbonyl (C=O) groups excluding carboxylic acids is 1. The van der Waals surface area contributed by atoms with Crippen molar-refractivity contribution in [3.8, 4) is 10.6 Å². The molecule has 2 atom stereocenters. The number of piperidine rings is 1. The molecule has 6 heteroatoms. The highest BCUT2D eigenvalue weighted by Crippen LogP contribution is 2.26. The number of likely N-dealkylation sites (tertiary alicyclic amines) is 1. The molecule has 0 aromatic carbocycles. The van der Waals surface area contributed by atoms with Gasteiger partial charge in [-0.05, 0) is 24.8 Å². The smallest absolute Gasteiger partial charge is 0.228 e. The molecule has 2 aromatic heterocycles. The van der Waals surface area contributed by atoms with Gasteiger partial charge in [0, 0.05) is 30.1 Å². The average Bonchev–Trinajstić information content (AvgIpc) is 3.17. The van der Waals surface area contributed by atoms with Crippen LogP contribution in [0.25, 0.3) is 10.6 Å². The second kappa shape index (κ2) is 6.62. The van der Waals surface area contributed by atoms with Crippen LogP contribution < -0.4 is 5.73 Å². The van der Waals surface area contributed by atoms with Crippen LogP contribution in [0.15, 0.2) is 28.4 Å². The number of hydrogen-bond acceptors (Lipinski definition) is 5. The van der Waals surface area contributed by atoms with Crippen LogP contribution >= 0.6 is 11.3 Å². The van der Waals surface area contributed by atoms with E-state index in [-0.39, 0.29) is 11.9 Å². The first-order chi connectivity index (χ1) is 10.7. The molecule has 1 amide bonds. The van der Waals surface area contributed by atoms with E-state index in [2.05, 4.69) is 11.9 Å². The van der Waals surface area contributed by atoms with E-state index in [9.17, 15) is 4.79 Å². The summed E-state index contributed by atoms with van der Waals surface area (Å²) in [5.74, 6) is 0.602. The van der Waals surface area contributed by atoms with Gasteiger partial charge in [0.2, 0.25) is 5.91 Å². The highest BCUT2D eigenvalue weighted by molar-refractivity contribution is 7.13. The lowest BCUT2D eigenvalue weighted by Crippen LogP contribution is -2.51. The van der Waals surface area contributed by atoms with Gasteiger partial charge in [0.1, 0.15) is 11.3 Å². The van der Waals surface area contributed by atoms with Crippen molar-refractivity contribution in [3.05, 3.63) is 29.7 Å². The van der Waals surface area contributed by atoms with Crippen molar-refractivity contribution >= 4 is 17.2 Å². The van der Waals surface area contributed by atoms with Gasteiger partial charge in [-0.3, -0.25) is 4.79 Å². The lowest BCUT2D eigenvalue weighted by Gasteiger charge is -2.39. The summed E-state index contributed by atoms with van der Waals surface area (Å²) in [7, 11) is 0. The van der Waals surface area contributed by atoms with E-state index in [0.29, 0.717) is 18.9 Å². The molecule has 5 nitrogen and oxygen atoms in total. The molecule has 118 valence electrons. The number of furan rings is 1. The highest BCUT2D eigenvalue weighted by atomic mass is 32.1. The zero-order chi connectivity index (χ0) is 15.5. The standard InChI is InChI=1S/C16H21N3O2S/c1-11-3-2-5-19(14(11)8-17)15(20)7-13-10-22-16(18-13)12-4-6-21-9-12/h4,6,9-11,14H,2-3,5,7-8,17H2,1H3/t11-,14+/m0/s1. The average molecular weight is 319 g/mol. The predicted octanol–water partition coefficient (Wildman–Crippen LogP) is 2.53. The van der Waals surface area contributed by atoms with Crippen LogP contribution in [-0.4, -0.2) is 34.9 Å². The summed E-state index contributed by atoms with van der Waals surface area (Å²) in [6, 6.07) is 2.04. The van der Waals surface area contributed by atoms with Crippen molar-refractivity contribution < 1.29 is 9.21 Å². The first-order valence-corrected chi connectivity index (χ1v) is 8.53. The zero-order valence-electron chi connectivity index (χ0n) is 12.7. The summed E-state index contributed by atoms with van der Waals surface area (Å²) in [6.07, 6.45) is 5.84. The van der Waals surface area contributed by atoms with E-state index >= 15 is 0 Å². The van der Waals surface area contributed by atoms with Gasteiger partial charge >= 0.3 is 0 Å². The predicted molar refractivity (Wildman–Crippen MR) is 86.5 cm³/mol. The van der Waals surface area contributed by atoms with Gasteiger partial charge in [-0.1, -0.05) is 6.92 Å². The number of nitrogens with zero attached hydrogens (tertiary/aromatic N) is 2. The lowest BCUT2D eigenvalue weighted by molar-refractivity contribution is -0.135. The maximum atomic E-state index is 12.6. The Morgan fingerprint density at radius 3 is 3.18 bits per heavy atom. The Balaban J connectivity index is 1.69. The maximum Gasteiger partial charge on any atom is 0.228 e. The quantitative estimate of drug-likeness (QED) is 0.940. The minimum atomic E-state index is 0.131. The van der Waals surface area contributed by atoms with Crippen LogP contribution in [-0.2, 0) is 11.2 Å². The third-order valence-electron chi connectivity index (χ3n) is 4.33. The summed E-state index contributed by atoms with van der Waals surface area (Å²) in [4.78, 5) is 19.1. The van der Waals surface area contributed by atoms with Gasteiger partial charge in [-0.15, -0.1) is 11.3 Å². The molecule has 1 aliphatic rings. The van der Waals surface area contributed by atoms with E-state index in [1.807, 2.05) is 16.3 Å². The molecule has 3 heterocycles. The zero-order valence-corrected chi connectivity index (χ0v) is 13.5. The van der Waals surface area contributed by atoms with Gasteiger partial charge in [-0.25, -0.2) is 4.98 Å². The molecule has 0 aliphatic carbocycles. The molecule has 22 heavy (non-hydrogen) atoms. The lowest BCUT2D eigenvalue weighted by atomic mass is 9.90. The van der Waals surface area contributed by atoms with Gasteiger partial charge in [0.15, 0.2) is 0 Å². The first-order valence-electron chi connectivity index (χ1n) is 7.65.